The lowest BCUT2D eigenvalue weighted by Crippen LogP contribution is -2.55. The molecule has 0 aliphatic heterocycles. The van der Waals surface area contributed by atoms with Crippen LogP contribution < -0.4 is 5.73 Å². The van der Waals surface area contributed by atoms with Gasteiger partial charge in [-0.25, -0.2) is 4.79 Å². The van der Waals surface area contributed by atoms with Crippen LogP contribution in [0.2, 0.25) is 0 Å². The second-order valence-corrected chi connectivity index (χ2v) is 8.27. The Bertz CT molecular complexity index is 367. The summed E-state index contributed by atoms with van der Waals surface area (Å²) < 4.78 is 5.52. The van der Waals surface area contributed by atoms with Gasteiger partial charge in [0.2, 0.25) is 0 Å². The van der Waals surface area contributed by atoms with E-state index in [1.54, 1.807) is 0 Å². The Balaban J connectivity index is 1.87. The Morgan fingerprint density at radius 2 is 1.65 bits per heavy atom. The maximum absolute atomic E-state index is 11.3. The topological polar surface area (TPSA) is 52.3 Å². The van der Waals surface area contributed by atoms with Crippen LogP contribution in [-0.2, 0) is 4.74 Å². The smallest absolute Gasteiger partial charge is 0.405 e. The average molecular weight is 279 g/mol. The summed E-state index contributed by atoms with van der Waals surface area (Å²) in [5, 5.41) is 0. The van der Waals surface area contributed by atoms with E-state index in [0.29, 0.717) is 11.3 Å². The van der Waals surface area contributed by atoms with Crippen LogP contribution in [0.3, 0.4) is 0 Å². The second-order valence-electron chi connectivity index (χ2n) is 8.27. The molecule has 1 amide bonds. The number of ether oxygens (including phenoxy) is 1. The predicted octanol–water partition coefficient (Wildman–Crippen LogP) is 4.10. The van der Waals surface area contributed by atoms with E-state index in [-0.39, 0.29) is 0 Å². The first kappa shape index (κ1) is 14.2. The lowest BCUT2D eigenvalue weighted by molar-refractivity contribution is -0.142. The minimum absolute atomic E-state index is 0.405. The summed E-state index contributed by atoms with van der Waals surface area (Å²) in [7, 11) is 0. The molecule has 0 aromatic carbocycles. The summed E-state index contributed by atoms with van der Waals surface area (Å²) in [6.45, 7) is 6.37. The lowest BCUT2D eigenvalue weighted by Gasteiger charge is -2.61. The van der Waals surface area contributed by atoms with Crippen molar-refractivity contribution in [3.63, 3.8) is 0 Å². The molecule has 0 aromatic heterocycles. The third-order valence-electron chi connectivity index (χ3n) is 6.44. The molecule has 1 atom stereocenters. The van der Waals surface area contributed by atoms with Crippen LogP contribution in [0.4, 0.5) is 4.79 Å². The molecule has 4 saturated carbocycles. The Kier molecular flexibility index (Phi) is 3.30. The van der Waals surface area contributed by atoms with Crippen molar-refractivity contribution < 1.29 is 9.53 Å². The molecule has 114 valence electrons. The Labute approximate surface area is 122 Å². The van der Waals surface area contributed by atoms with Crippen molar-refractivity contribution in [2.24, 2.45) is 34.8 Å². The average Bonchev–Trinajstić information content (AvgIpc) is 2.24. The second kappa shape index (κ2) is 4.64. The minimum Gasteiger partial charge on any atom is -0.443 e. The van der Waals surface area contributed by atoms with Crippen LogP contribution in [0.15, 0.2) is 0 Å². The Morgan fingerprint density at radius 3 is 2.00 bits per heavy atom. The zero-order chi connectivity index (χ0) is 14.5. The lowest BCUT2D eigenvalue weighted by atomic mass is 9.44. The Morgan fingerprint density at radius 1 is 1.20 bits per heavy atom. The molecule has 4 fully saturated rings. The molecule has 0 spiro atoms. The van der Waals surface area contributed by atoms with Gasteiger partial charge in [0, 0.05) is 5.92 Å². The number of hydrogen-bond donors (Lipinski definition) is 1. The van der Waals surface area contributed by atoms with Gasteiger partial charge in [0.25, 0.3) is 0 Å². The number of rotatable bonds is 4. The Hall–Kier alpha value is -0.730. The van der Waals surface area contributed by atoms with E-state index in [2.05, 4.69) is 20.8 Å². The van der Waals surface area contributed by atoms with Crippen molar-refractivity contribution in [2.45, 2.75) is 71.3 Å². The van der Waals surface area contributed by atoms with E-state index in [4.69, 9.17) is 10.5 Å². The van der Waals surface area contributed by atoms with Crippen molar-refractivity contribution in [3.8, 4) is 0 Å². The van der Waals surface area contributed by atoms with Crippen molar-refractivity contribution in [2.75, 3.05) is 0 Å². The molecule has 3 nitrogen and oxygen atoms in total. The quantitative estimate of drug-likeness (QED) is 0.842. The molecule has 4 rings (SSSR count). The largest absolute Gasteiger partial charge is 0.443 e. The summed E-state index contributed by atoms with van der Waals surface area (Å²) in [4.78, 5) is 11.3. The van der Waals surface area contributed by atoms with Gasteiger partial charge in [-0.2, -0.15) is 0 Å². The third kappa shape index (κ3) is 2.23. The molecule has 0 aromatic rings. The molecular formula is C17H29NO2. The van der Waals surface area contributed by atoms with Gasteiger partial charge in [0.15, 0.2) is 0 Å². The zero-order valence-electron chi connectivity index (χ0n) is 13.2. The fourth-order valence-corrected chi connectivity index (χ4v) is 6.60. The minimum atomic E-state index is -0.627. The summed E-state index contributed by atoms with van der Waals surface area (Å²) in [5.74, 6) is 3.23. The number of carbonyl (C=O) groups is 1. The van der Waals surface area contributed by atoms with Gasteiger partial charge in [-0.3, -0.25) is 0 Å². The molecule has 4 aliphatic carbocycles. The molecule has 0 heterocycles. The standard InChI is InChI=1S/C17H29NO2/c1-4-14(16(2,3)20-15(18)19)17-8-11-5-12(9-17)7-13(6-11)10-17/h11-14H,4-10H2,1-3H3,(H2,18,19). The van der Waals surface area contributed by atoms with Gasteiger partial charge < -0.3 is 10.5 Å². The highest BCUT2D eigenvalue weighted by atomic mass is 16.6. The molecule has 2 N–H and O–H groups in total. The molecule has 4 bridgehead atoms. The summed E-state index contributed by atoms with van der Waals surface area (Å²) in [5.41, 5.74) is 5.27. The molecule has 3 heteroatoms. The molecule has 0 radical (unpaired) electrons. The van der Waals surface area contributed by atoms with Crippen molar-refractivity contribution in [1.82, 2.24) is 0 Å². The van der Waals surface area contributed by atoms with Gasteiger partial charge in [0.05, 0.1) is 0 Å². The highest BCUT2D eigenvalue weighted by molar-refractivity contribution is 5.65. The van der Waals surface area contributed by atoms with Gasteiger partial charge in [0.1, 0.15) is 5.60 Å². The van der Waals surface area contributed by atoms with Crippen molar-refractivity contribution in [1.29, 1.82) is 0 Å². The fraction of sp³-hybridized carbons (Fsp3) is 0.941. The van der Waals surface area contributed by atoms with Crippen LogP contribution in [0.5, 0.6) is 0 Å². The van der Waals surface area contributed by atoms with E-state index in [9.17, 15) is 4.79 Å². The van der Waals surface area contributed by atoms with E-state index >= 15 is 0 Å². The molecule has 20 heavy (non-hydrogen) atoms. The zero-order valence-corrected chi connectivity index (χ0v) is 13.2. The maximum Gasteiger partial charge on any atom is 0.405 e. The van der Waals surface area contributed by atoms with Gasteiger partial charge in [-0.1, -0.05) is 6.92 Å². The normalized spacial score (nSPS) is 40.6. The van der Waals surface area contributed by atoms with E-state index in [1.807, 2.05) is 0 Å². The maximum atomic E-state index is 11.3. The van der Waals surface area contributed by atoms with Gasteiger partial charge in [-0.05, 0) is 82.0 Å². The third-order valence-corrected chi connectivity index (χ3v) is 6.44. The highest BCUT2D eigenvalue weighted by Crippen LogP contribution is 2.64. The van der Waals surface area contributed by atoms with Crippen LogP contribution in [0.1, 0.15) is 65.7 Å². The van der Waals surface area contributed by atoms with Crippen LogP contribution in [0.25, 0.3) is 0 Å². The first-order valence-corrected chi connectivity index (χ1v) is 8.33. The summed E-state index contributed by atoms with van der Waals surface area (Å²) in [6, 6.07) is 0. The van der Waals surface area contributed by atoms with Crippen LogP contribution in [-0.4, -0.2) is 11.7 Å². The number of hydrogen-bond acceptors (Lipinski definition) is 2. The number of carbonyl (C=O) groups excluding carboxylic acids is 1. The van der Waals surface area contributed by atoms with E-state index in [1.165, 1.54) is 38.5 Å². The molecule has 1 unspecified atom stereocenters. The van der Waals surface area contributed by atoms with E-state index < -0.39 is 11.7 Å². The summed E-state index contributed by atoms with van der Waals surface area (Å²) >= 11 is 0. The number of nitrogens with two attached hydrogens (primary N) is 1. The highest BCUT2D eigenvalue weighted by Gasteiger charge is 2.57. The van der Waals surface area contributed by atoms with Crippen molar-refractivity contribution >= 4 is 6.09 Å². The fourth-order valence-electron chi connectivity index (χ4n) is 6.60. The predicted molar refractivity (Wildman–Crippen MR) is 79.1 cm³/mol. The molecule has 0 saturated heterocycles. The SMILES string of the molecule is CCC(C12CC3CC(CC(C3)C1)C2)C(C)(C)OC(N)=O. The first-order chi connectivity index (χ1) is 9.34. The monoisotopic (exact) mass is 279 g/mol. The first-order valence-electron chi connectivity index (χ1n) is 8.33. The van der Waals surface area contributed by atoms with Crippen molar-refractivity contribution in [3.05, 3.63) is 0 Å². The molecular weight excluding hydrogens is 250 g/mol. The summed E-state index contributed by atoms with van der Waals surface area (Å²) in [6.07, 6.45) is 8.85. The van der Waals surface area contributed by atoms with Gasteiger partial charge in [-0.15, -0.1) is 0 Å². The number of amides is 1. The van der Waals surface area contributed by atoms with Crippen LogP contribution in [0, 0.1) is 29.1 Å². The van der Waals surface area contributed by atoms with Gasteiger partial charge >= 0.3 is 6.09 Å². The van der Waals surface area contributed by atoms with E-state index in [0.717, 1.165) is 24.2 Å². The van der Waals surface area contributed by atoms with Crippen LogP contribution >= 0.6 is 0 Å². The molecule has 4 aliphatic rings. The number of primary amides is 1.